The molecular weight excluding hydrogens is 314 g/mol. The van der Waals surface area contributed by atoms with Crippen molar-refractivity contribution in [1.82, 2.24) is 9.97 Å². The molecular formula is C12H4Cl4N2. The van der Waals surface area contributed by atoms with E-state index in [0.717, 1.165) is 0 Å². The van der Waals surface area contributed by atoms with Gasteiger partial charge in [-0.2, -0.15) is 0 Å². The highest BCUT2D eigenvalue weighted by Crippen LogP contribution is 2.30. The molecule has 0 saturated carbocycles. The van der Waals surface area contributed by atoms with Gasteiger partial charge in [-0.1, -0.05) is 46.4 Å². The number of benzene rings is 2. The van der Waals surface area contributed by atoms with Crippen LogP contribution >= 0.6 is 46.4 Å². The van der Waals surface area contributed by atoms with E-state index in [1.807, 2.05) is 0 Å². The third kappa shape index (κ3) is 1.99. The van der Waals surface area contributed by atoms with Crippen LogP contribution < -0.4 is 0 Å². The second-order valence-corrected chi connectivity index (χ2v) is 5.36. The standard InChI is InChI=1S/C12H4Cl4N2/c13-5-1-9-10(2-6(5)14)18-12-4-8(16)7(15)3-11(12)17-9/h1-4H. The monoisotopic (exact) mass is 316 g/mol. The molecule has 0 spiro atoms. The fourth-order valence-corrected chi connectivity index (χ4v) is 2.30. The molecule has 0 aliphatic heterocycles. The van der Waals surface area contributed by atoms with Gasteiger partial charge in [0.2, 0.25) is 0 Å². The smallest absolute Gasteiger partial charge is 0.0910 e. The fourth-order valence-electron chi connectivity index (χ4n) is 1.67. The molecule has 2 nitrogen and oxygen atoms in total. The van der Waals surface area contributed by atoms with Crippen LogP contribution in [-0.2, 0) is 0 Å². The average molecular weight is 318 g/mol. The summed E-state index contributed by atoms with van der Waals surface area (Å²) in [6.45, 7) is 0. The van der Waals surface area contributed by atoms with Gasteiger partial charge in [0, 0.05) is 0 Å². The first-order valence-corrected chi connectivity index (χ1v) is 6.47. The van der Waals surface area contributed by atoms with Gasteiger partial charge in [0.15, 0.2) is 0 Å². The van der Waals surface area contributed by atoms with Gasteiger partial charge >= 0.3 is 0 Å². The summed E-state index contributed by atoms with van der Waals surface area (Å²) in [5, 5.41) is 1.77. The van der Waals surface area contributed by atoms with E-state index in [-0.39, 0.29) is 0 Å². The predicted octanol–water partition coefficient (Wildman–Crippen LogP) is 5.40. The zero-order chi connectivity index (χ0) is 12.9. The van der Waals surface area contributed by atoms with Crippen LogP contribution in [0.1, 0.15) is 0 Å². The van der Waals surface area contributed by atoms with Crippen molar-refractivity contribution < 1.29 is 0 Å². The largest absolute Gasteiger partial charge is 0.244 e. The van der Waals surface area contributed by atoms with Crippen molar-refractivity contribution in [3.8, 4) is 0 Å². The number of hydrogen-bond donors (Lipinski definition) is 0. The van der Waals surface area contributed by atoms with E-state index in [9.17, 15) is 0 Å². The number of hydrogen-bond acceptors (Lipinski definition) is 2. The van der Waals surface area contributed by atoms with Crippen LogP contribution in [0.25, 0.3) is 22.1 Å². The molecule has 0 aliphatic carbocycles. The van der Waals surface area contributed by atoms with E-state index in [0.29, 0.717) is 42.2 Å². The second kappa shape index (κ2) is 4.39. The molecule has 0 atom stereocenters. The van der Waals surface area contributed by atoms with E-state index >= 15 is 0 Å². The molecule has 1 heterocycles. The molecule has 0 saturated heterocycles. The molecule has 0 aliphatic rings. The summed E-state index contributed by atoms with van der Waals surface area (Å²) >= 11 is 23.8. The maximum atomic E-state index is 5.95. The lowest BCUT2D eigenvalue weighted by molar-refractivity contribution is 1.39. The topological polar surface area (TPSA) is 25.8 Å². The maximum Gasteiger partial charge on any atom is 0.0910 e. The summed E-state index contributed by atoms with van der Waals surface area (Å²) in [5.41, 5.74) is 2.65. The van der Waals surface area contributed by atoms with Gasteiger partial charge in [0.25, 0.3) is 0 Å². The maximum absolute atomic E-state index is 5.95. The molecule has 0 bridgehead atoms. The lowest BCUT2D eigenvalue weighted by Gasteiger charge is -2.04. The van der Waals surface area contributed by atoms with E-state index in [1.54, 1.807) is 24.3 Å². The Balaban J connectivity index is 2.43. The molecule has 0 amide bonds. The molecule has 3 aromatic rings. The normalized spacial score (nSPS) is 11.3. The summed E-state index contributed by atoms with van der Waals surface area (Å²) in [4.78, 5) is 8.87. The molecule has 3 rings (SSSR count). The lowest BCUT2D eigenvalue weighted by Crippen LogP contribution is -1.88. The van der Waals surface area contributed by atoms with Crippen molar-refractivity contribution in [1.29, 1.82) is 0 Å². The molecule has 90 valence electrons. The fraction of sp³-hybridized carbons (Fsp3) is 0. The molecule has 18 heavy (non-hydrogen) atoms. The Labute approximate surface area is 122 Å². The highest BCUT2D eigenvalue weighted by Gasteiger charge is 2.08. The van der Waals surface area contributed by atoms with Crippen LogP contribution in [0.2, 0.25) is 20.1 Å². The highest BCUT2D eigenvalue weighted by atomic mass is 35.5. The van der Waals surface area contributed by atoms with Crippen LogP contribution in [-0.4, -0.2) is 9.97 Å². The van der Waals surface area contributed by atoms with Gasteiger partial charge < -0.3 is 0 Å². The summed E-state index contributed by atoms with van der Waals surface area (Å²) in [5.74, 6) is 0. The summed E-state index contributed by atoms with van der Waals surface area (Å²) in [7, 11) is 0. The van der Waals surface area contributed by atoms with Gasteiger partial charge in [-0.05, 0) is 24.3 Å². The Morgan fingerprint density at radius 2 is 0.722 bits per heavy atom. The Kier molecular flexibility index (Phi) is 2.99. The zero-order valence-electron chi connectivity index (χ0n) is 8.72. The molecule has 2 aromatic carbocycles. The molecule has 0 unspecified atom stereocenters. The SMILES string of the molecule is Clc1cc2nc3cc(Cl)c(Cl)cc3nc2cc1Cl. The molecule has 6 heteroatoms. The third-order valence-corrected chi connectivity index (χ3v) is 3.96. The number of rotatable bonds is 0. The Hall–Kier alpha value is -0.800. The zero-order valence-corrected chi connectivity index (χ0v) is 11.7. The Morgan fingerprint density at radius 1 is 0.500 bits per heavy atom. The minimum absolute atomic E-state index is 0.442. The van der Waals surface area contributed by atoms with Gasteiger partial charge in [-0.15, -0.1) is 0 Å². The third-order valence-electron chi connectivity index (χ3n) is 2.52. The quantitative estimate of drug-likeness (QED) is 0.519. The average Bonchev–Trinajstić information content (AvgIpc) is 2.31. The van der Waals surface area contributed by atoms with Crippen molar-refractivity contribution in [3.63, 3.8) is 0 Å². The molecule has 0 fully saturated rings. The summed E-state index contributed by atoms with van der Waals surface area (Å²) < 4.78 is 0. The van der Waals surface area contributed by atoms with Crippen molar-refractivity contribution >= 4 is 68.5 Å². The Bertz CT molecular complexity index is 657. The van der Waals surface area contributed by atoms with Crippen molar-refractivity contribution in [3.05, 3.63) is 44.4 Å². The van der Waals surface area contributed by atoms with Crippen LogP contribution in [0.15, 0.2) is 24.3 Å². The predicted molar refractivity (Wildman–Crippen MR) is 77.1 cm³/mol. The van der Waals surface area contributed by atoms with Gasteiger partial charge in [-0.25, -0.2) is 9.97 Å². The number of aromatic nitrogens is 2. The van der Waals surface area contributed by atoms with Crippen LogP contribution in [0.4, 0.5) is 0 Å². The number of halogens is 4. The van der Waals surface area contributed by atoms with Crippen molar-refractivity contribution in [2.45, 2.75) is 0 Å². The first kappa shape index (κ1) is 12.2. The number of fused-ring (bicyclic) bond motifs is 2. The Morgan fingerprint density at radius 3 is 0.944 bits per heavy atom. The minimum Gasteiger partial charge on any atom is -0.244 e. The van der Waals surface area contributed by atoms with Gasteiger partial charge in [-0.3, -0.25) is 0 Å². The summed E-state index contributed by atoms with van der Waals surface area (Å²) in [6.07, 6.45) is 0. The molecule has 1 aromatic heterocycles. The van der Waals surface area contributed by atoms with Gasteiger partial charge in [0.1, 0.15) is 0 Å². The first-order chi connectivity index (χ1) is 8.54. The van der Waals surface area contributed by atoms with Crippen molar-refractivity contribution in [2.24, 2.45) is 0 Å². The number of nitrogens with zero attached hydrogens (tertiary/aromatic N) is 2. The minimum atomic E-state index is 0.442. The van der Waals surface area contributed by atoms with Crippen LogP contribution in [0.3, 0.4) is 0 Å². The first-order valence-electron chi connectivity index (χ1n) is 4.96. The van der Waals surface area contributed by atoms with E-state index in [2.05, 4.69) is 9.97 Å². The second-order valence-electron chi connectivity index (χ2n) is 3.73. The lowest BCUT2D eigenvalue weighted by atomic mass is 10.2. The highest BCUT2D eigenvalue weighted by molar-refractivity contribution is 6.43. The van der Waals surface area contributed by atoms with Crippen LogP contribution in [0.5, 0.6) is 0 Å². The molecule has 0 radical (unpaired) electrons. The summed E-state index contributed by atoms with van der Waals surface area (Å²) in [6, 6.07) is 6.70. The van der Waals surface area contributed by atoms with E-state index in [1.165, 1.54) is 0 Å². The van der Waals surface area contributed by atoms with Gasteiger partial charge in [0.05, 0.1) is 42.2 Å². The van der Waals surface area contributed by atoms with E-state index < -0.39 is 0 Å². The van der Waals surface area contributed by atoms with Crippen molar-refractivity contribution in [2.75, 3.05) is 0 Å². The van der Waals surface area contributed by atoms with Crippen LogP contribution in [0, 0.1) is 0 Å². The van der Waals surface area contributed by atoms with E-state index in [4.69, 9.17) is 46.4 Å². The molecule has 0 N–H and O–H groups in total.